The van der Waals surface area contributed by atoms with E-state index < -0.39 is 0 Å². The molecule has 0 spiro atoms. The number of hydrogen-bond acceptors (Lipinski definition) is 4. The Balaban J connectivity index is 1.32. The SMILES string of the molecule is CCOC(=O)C1CCC(n2ccc(-c3ccc(NC(=O)Nc4cccc(C)c4)cc3)n2)CC1. The van der Waals surface area contributed by atoms with Crippen LogP contribution in [-0.4, -0.2) is 28.4 Å². The predicted molar refractivity (Wildman–Crippen MR) is 129 cm³/mol. The molecular formula is C26H30N4O3. The molecule has 7 nitrogen and oxygen atoms in total. The first-order chi connectivity index (χ1) is 16.0. The fourth-order valence-electron chi connectivity index (χ4n) is 4.27. The summed E-state index contributed by atoms with van der Waals surface area (Å²) in [5, 5.41) is 10.5. The maximum atomic E-state index is 12.3. The Kier molecular flexibility index (Phi) is 7.07. The van der Waals surface area contributed by atoms with E-state index in [1.54, 1.807) is 0 Å². The molecule has 2 aromatic carbocycles. The zero-order chi connectivity index (χ0) is 23.2. The highest BCUT2D eigenvalue weighted by Crippen LogP contribution is 2.33. The molecule has 0 atom stereocenters. The first kappa shape index (κ1) is 22.6. The van der Waals surface area contributed by atoms with Crippen LogP contribution in [0, 0.1) is 12.8 Å². The molecule has 1 heterocycles. The van der Waals surface area contributed by atoms with Crippen LogP contribution < -0.4 is 10.6 Å². The molecule has 2 amide bonds. The molecule has 0 unspecified atom stereocenters. The number of rotatable bonds is 6. The lowest BCUT2D eigenvalue weighted by atomic mass is 9.86. The van der Waals surface area contributed by atoms with Crippen molar-refractivity contribution in [1.82, 2.24) is 9.78 Å². The van der Waals surface area contributed by atoms with Crippen molar-refractivity contribution < 1.29 is 14.3 Å². The van der Waals surface area contributed by atoms with Gasteiger partial charge in [0, 0.05) is 23.1 Å². The molecule has 1 fully saturated rings. The average molecular weight is 447 g/mol. The summed E-state index contributed by atoms with van der Waals surface area (Å²) in [4.78, 5) is 24.2. The van der Waals surface area contributed by atoms with E-state index in [1.165, 1.54) is 0 Å². The Morgan fingerprint density at radius 3 is 2.42 bits per heavy atom. The zero-order valence-electron chi connectivity index (χ0n) is 19.1. The quantitative estimate of drug-likeness (QED) is 0.469. The lowest BCUT2D eigenvalue weighted by Crippen LogP contribution is -2.25. The van der Waals surface area contributed by atoms with Gasteiger partial charge in [0.1, 0.15) is 0 Å². The van der Waals surface area contributed by atoms with Crippen molar-refractivity contribution in [2.24, 2.45) is 5.92 Å². The molecule has 0 bridgehead atoms. The van der Waals surface area contributed by atoms with Crippen LogP contribution in [0.15, 0.2) is 60.8 Å². The highest BCUT2D eigenvalue weighted by Gasteiger charge is 2.28. The van der Waals surface area contributed by atoms with Crippen LogP contribution >= 0.6 is 0 Å². The Morgan fingerprint density at radius 2 is 1.73 bits per heavy atom. The third-order valence-corrected chi connectivity index (χ3v) is 6.01. The minimum atomic E-state index is -0.281. The number of ether oxygens (including phenoxy) is 1. The normalized spacial score (nSPS) is 17.9. The molecule has 1 aliphatic rings. The van der Waals surface area contributed by atoms with E-state index in [-0.39, 0.29) is 17.9 Å². The van der Waals surface area contributed by atoms with Crippen LogP contribution in [0.1, 0.15) is 44.2 Å². The lowest BCUT2D eigenvalue weighted by molar-refractivity contribution is -0.149. The third-order valence-electron chi connectivity index (χ3n) is 6.01. The van der Waals surface area contributed by atoms with Gasteiger partial charge in [-0.3, -0.25) is 9.48 Å². The Bertz CT molecular complexity index is 1100. The van der Waals surface area contributed by atoms with Gasteiger partial charge in [0.25, 0.3) is 0 Å². The van der Waals surface area contributed by atoms with Gasteiger partial charge in [0.15, 0.2) is 0 Å². The van der Waals surface area contributed by atoms with Gasteiger partial charge in [-0.2, -0.15) is 5.10 Å². The van der Waals surface area contributed by atoms with Crippen LogP contribution in [0.25, 0.3) is 11.3 Å². The van der Waals surface area contributed by atoms with Crippen molar-refractivity contribution in [3.63, 3.8) is 0 Å². The second-order valence-corrected chi connectivity index (χ2v) is 8.46. The topological polar surface area (TPSA) is 85.2 Å². The Morgan fingerprint density at radius 1 is 1.00 bits per heavy atom. The lowest BCUT2D eigenvalue weighted by Gasteiger charge is -2.27. The van der Waals surface area contributed by atoms with Crippen molar-refractivity contribution in [3.05, 3.63) is 66.4 Å². The van der Waals surface area contributed by atoms with Gasteiger partial charge < -0.3 is 15.4 Å². The van der Waals surface area contributed by atoms with E-state index >= 15 is 0 Å². The van der Waals surface area contributed by atoms with Crippen LogP contribution in [0.2, 0.25) is 0 Å². The number of hydrogen-bond donors (Lipinski definition) is 2. The largest absolute Gasteiger partial charge is 0.466 e. The monoisotopic (exact) mass is 446 g/mol. The Labute approximate surface area is 194 Å². The zero-order valence-corrected chi connectivity index (χ0v) is 19.1. The smallest absolute Gasteiger partial charge is 0.323 e. The number of urea groups is 1. The fourth-order valence-corrected chi connectivity index (χ4v) is 4.27. The van der Waals surface area contributed by atoms with Crippen LogP contribution in [0.3, 0.4) is 0 Å². The number of nitrogens with zero attached hydrogens (tertiary/aromatic N) is 2. The summed E-state index contributed by atoms with van der Waals surface area (Å²) in [6.07, 6.45) is 5.52. The summed E-state index contributed by atoms with van der Waals surface area (Å²) in [5.41, 5.74) is 4.42. The molecule has 1 aromatic heterocycles. The summed E-state index contributed by atoms with van der Waals surface area (Å²) >= 11 is 0. The molecule has 33 heavy (non-hydrogen) atoms. The Hall–Kier alpha value is -3.61. The minimum absolute atomic E-state index is 0.0133. The summed E-state index contributed by atoms with van der Waals surface area (Å²) < 4.78 is 7.17. The number of carbonyl (C=O) groups is 2. The third kappa shape index (κ3) is 5.80. The number of benzene rings is 2. The van der Waals surface area contributed by atoms with Crippen LogP contribution in [0.5, 0.6) is 0 Å². The van der Waals surface area contributed by atoms with Gasteiger partial charge in [0.2, 0.25) is 0 Å². The number of nitrogens with one attached hydrogen (secondary N) is 2. The van der Waals surface area contributed by atoms with E-state index in [4.69, 9.17) is 9.84 Å². The summed E-state index contributed by atoms with van der Waals surface area (Å²) in [6.45, 7) is 4.27. The summed E-state index contributed by atoms with van der Waals surface area (Å²) in [7, 11) is 0. The first-order valence-electron chi connectivity index (χ1n) is 11.5. The van der Waals surface area contributed by atoms with Crippen molar-refractivity contribution in [2.75, 3.05) is 17.2 Å². The molecule has 0 saturated heterocycles. The molecule has 1 saturated carbocycles. The van der Waals surface area contributed by atoms with Gasteiger partial charge >= 0.3 is 12.0 Å². The second kappa shape index (κ2) is 10.3. The summed E-state index contributed by atoms with van der Waals surface area (Å²) in [5.74, 6) is -0.0576. The molecular weight excluding hydrogens is 416 g/mol. The fraction of sp³-hybridized carbons (Fsp3) is 0.346. The van der Waals surface area contributed by atoms with Gasteiger partial charge in [-0.25, -0.2) is 4.79 Å². The maximum Gasteiger partial charge on any atom is 0.323 e. The molecule has 1 aliphatic carbocycles. The molecule has 2 N–H and O–H groups in total. The van der Waals surface area contributed by atoms with Crippen molar-refractivity contribution >= 4 is 23.4 Å². The van der Waals surface area contributed by atoms with Gasteiger partial charge in [-0.05, 0) is 75.4 Å². The minimum Gasteiger partial charge on any atom is -0.466 e. The van der Waals surface area contributed by atoms with E-state index in [1.807, 2.05) is 79.3 Å². The van der Waals surface area contributed by atoms with Crippen molar-refractivity contribution in [3.8, 4) is 11.3 Å². The van der Waals surface area contributed by atoms with Gasteiger partial charge in [-0.1, -0.05) is 24.3 Å². The molecule has 3 aromatic rings. The molecule has 172 valence electrons. The number of aromatic nitrogens is 2. The number of aryl methyl sites for hydroxylation is 1. The van der Waals surface area contributed by atoms with E-state index in [0.29, 0.717) is 18.3 Å². The van der Waals surface area contributed by atoms with E-state index in [2.05, 4.69) is 10.6 Å². The number of esters is 1. The van der Waals surface area contributed by atoms with Gasteiger partial charge in [-0.15, -0.1) is 0 Å². The van der Waals surface area contributed by atoms with E-state index in [9.17, 15) is 9.59 Å². The second-order valence-electron chi connectivity index (χ2n) is 8.46. The number of anilines is 2. The maximum absolute atomic E-state index is 12.3. The van der Waals surface area contributed by atoms with Crippen LogP contribution in [0.4, 0.5) is 16.2 Å². The van der Waals surface area contributed by atoms with Crippen molar-refractivity contribution in [1.29, 1.82) is 0 Å². The molecule has 0 radical (unpaired) electrons. The molecule has 4 rings (SSSR count). The summed E-state index contributed by atoms with van der Waals surface area (Å²) in [6, 6.07) is 17.3. The van der Waals surface area contributed by atoms with Crippen LogP contribution in [-0.2, 0) is 9.53 Å². The predicted octanol–water partition coefficient (Wildman–Crippen LogP) is 5.80. The number of amides is 2. The standard InChI is InChI=1S/C26H30N4O3/c1-3-33-25(31)20-9-13-23(14-10-20)30-16-15-24(29-30)19-7-11-21(12-8-19)27-26(32)28-22-6-4-5-18(2)17-22/h4-8,11-12,15-17,20,23H,3,9-10,13-14H2,1-2H3,(H2,27,28,32). The van der Waals surface area contributed by atoms with Crippen molar-refractivity contribution in [2.45, 2.75) is 45.6 Å². The first-order valence-corrected chi connectivity index (χ1v) is 11.5. The number of carbonyl (C=O) groups excluding carboxylic acids is 2. The van der Waals surface area contributed by atoms with Gasteiger partial charge in [0.05, 0.1) is 24.3 Å². The average Bonchev–Trinajstić information content (AvgIpc) is 3.30. The highest BCUT2D eigenvalue weighted by molar-refractivity contribution is 5.99. The highest BCUT2D eigenvalue weighted by atomic mass is 16.5. The molecule has 0 aliphatic heterocycles. The van der Waals surface area contributed by atoms with E-state index in [0.717, 1.165) is 48.2 Å². The molecule has 7 heteroatoms.